The number of carbonyl (C=O) groups is 1. The number of nitrogens with one attached hydrogen (secondary N) is 1. The van der Waals surface area contributed by atoms with Crippen LogP contribution in [0.2, 0.25) is 0 Å². The first-order valence-corrected chi connectivity index (χ1v) is 12.5. The van der Waals surface area contributed by atoms with E-state index < -0.39 is 20.9 Å². The quantitative estimate of drug-likeness (QED) is 0.417. The third-order valence-electron chi connectivity index (χ3n) is 5.57. The van der Waals surface area contributed by atoms with E-state index in [9.17, 15) is 23.3 Å². The van der Waals surface area contributed by atoms with Crippen LogP contribution in [0.25, 0.3) is 10.2 Å². The average Bonchev–Trinajstić information content (AvgIpc) is 3.20. The van der Waals surface area contributed by atoms with Gasteiger partial charge in [0.05, 0.1) is 20.0 Å². The molecule has 0 spiro atoms. The van der Waals surface area contributed by atoms with Crippen LogP contribution in [0.5, 0.6) is 0 Å². The number of aromatic nitrogens is 1. The van der Waals surface area contributed by atoms with Crippen molar-refractivity contribution < 1.29 is 18.1 Å². The molecular weight excluding hydrogens is 452 g/mol. The Bertz CT molecular complexity index is 1270. The van der Waals surface area contributed by atoms with E-state index in [0.717, 1.165) is 37.0 Å². The number of fused-ring (bicyclic) bond motifs is 1. The van der Waals surface area contributed by atoms with Crippen LogP contribution >= 0.6 is 11.3 Å². The molecule has 9 nitrogen and oxygen atoms in total. The van der Waals surface area contributed by atoms with Gasteiger partial charge in [0.1, 0.15) is 0 Å². The van der Waals surface area contributed by atoms with Gasteiger partial charge >= 0.3 is 0 Å². The number of hydrogen-bond acceptors (Lipinski definition) is 7. The normalized spacial score (nSPS) is 17.3. The second kappa shape index (κ2) is 8.93. The number of hydrogen-bond donors (Lipinski definition) is 1. The molecule has 0 saturated carbocycles. The highest BCUT2D eigenvalue weighted by Gasteiger charge is 2.32. The third-order valence-corrected chi connectivity index (χ3v) is 8.47. The summed E-state index contributed by atoms with van der Waals surface area (Å²) in [5.41, 5.74) is 0.791. The van der Waals surface area contributed by atoms with Crippen LogP contribution < -0.4 is 5.32 Å². The van der Waals surface area contributed by atoms with Crippen LogP contribution in [0.1, 0.15) is 43.0 Å². The largest absolute Gasteiger partial charge is 0.298 e. The number of amides is 1. The molecule has 32 heavy (non-hydrogen) atoms. The van der Waals surface area contributed by atoms with Crippen LogP contribution in [-0.4, -0.2) is 41.1 Å². The molecule has 1 aromatic heterocycles. The van der Waals surface area contributed by atoms with Crippen LogP contribution in [0.15, 0.2) is 47.4 Å². The molecule has 0 bridgehead atoms. The fourth-order valence-electron chi connectivity index (χ4n) is 3.86. The van der Waals surface area contributed by atoms with Crippen molar-refractivity contribution in [1.82, 2.24) is 9.29 Å². The number of thiazole rings is 1. The minimum absolute atomic E-state index is 0.00610. The summed E-state index contributed by atoms with van der Waals surface area (Å²) < 4.78 is 28.3. The number of nitrogens with zero attached hydrogens (tertiary/aromatic N) is 3. The lowest BCUT2D eigenvalue weighted by molar-refractivity contribution is -0.384. The smallest absolute Gasteiger partial charge is 0.270 e. The van der Waals surface area contributed by atoms with Gasteiger partial charge in [0.15, 0.2) is 5.13 Å². The summed E-state index contributed by atoms with van der Waals surface area (Å²) in [6.45, 7) is 2.50. The first-order valence-electron chi connectivity index (χ1n) is 10.3. The molecule has 1 unspecified atom stereocenters. The molecule has 11 heteroatoms. The van der Waals surface area contributed by atoms with Gasteiger partial charge < -0.3 is 0 Å². The summed E-state index contributed by atoms with van der Waals surface area (Å²) in [6.07, 6.45) is 3.51. The molecule has 1 atom stereocenters. The number of rotatable bonds is 6. The van der Waals surface area contributed by atoms with Crippen molar-refractivity contribution in [2.45, 2.75) is 43.5 Å². The predicted molar refractivity (Wildman–Crippen MR) is 122 cm³/mol. The number of anilines is 1. The maximum absolute atomic E-state index is 13.1. The Morgan fingerprint density at radius 1 is 1.25 bits per heavy atom. The minimum Gasteiger partial charge on any atom is -0.298 e. The zero-order chi connectivity index (χ0) is 22.9. The van der Waals surface area contributed by atoms with Gasteiger partial charge in [-0.3, -0.25) is 20.2 Å². The molecule has 2 heterocycles. The number of piperidine rings is 1. The molecule has 1 saturated heterocycles. The molecule has 1 aliphatic heterocycles. The number of nitro groups is 1. The lowest BCUT2D eigenvalue weighted by Gasteiger charge is -2.34. The molecule has 168 valence electrons. The Morgan fingerprint density at radius 2 is 2.00 bits per heavy atom. The van der Waals surface area contributed by atoms with Gasteiger partial charge in [-0.2, -0.15) is 4.31 Å². The van der Waals surface area contributed by atoms with Gasteiger partial charge in [0.25, 0.3) is 11.6 Å². The van der Waals surface area contributed by atoms with E-state index in [1.807, 2.05) is 6.92 Å². The van der Waals surface area contributed by atoms with Crippen molar-refractivity contribution in [3.63, 3.8) is 0 Å². The zero-order valence-corrected chi connectivity index (χ0v) is 19.0. The number of nitro benzene ring substituents is 1. The van der Waals surface area contributed by atoms with E-state index in [1.54, 1.807) is 4.31 Å². The molecule has 1 N–H and O–H groups in total. The van der Waals surface area contributed by atoms with Gasteiger partial charge in [-0.1, -0.05) is 24.7 Å². The second-order valence-electron chi connectivity index (χ2n) is 7.58. The molecule has 0 radical (unpaired) electrons. The van der Waals surface area contributed by atoms with Gasteiger partial charge in [-0.15, -0.1) is 0 Å². The Morgan fingerprint density at radius 3 is 2.69 bits per heavy atom. The monoisotopic (exact) mass is 474 g/mol. The highest BCUT2D eigenvalue weighted by atomic mass is 32.2. The lowest BCUT2D eigenvalue weighted by atomic mass is 10.0. The Balaban J connectivity index is 1.51. The first kappa shape index (κ1) is 22.3. The highest BCUT2D eigenvalue weighted by Crippen LogP contribution is 2.30. The first-order chi connectivity index (χ1) is 15.3. The zero-order valence-electron chi connectivity index (χ0n) is 17.4. The van der Waals surface area contributed by atoms with Crippen LogP contribution in [0.3, 0.4) is 0 Å². The summed E-state index contributed by atoms with van der Waals surface area (Å²) in [5, 5.41) is 13.9. The summed E-state index contributed by atoms with van der Waals surface area (Å²) in [4.78, 5) is 27.5. The fraction of sp³-hybridized carbons (Fsp3) is 0.333. The molecule has 4 rings (SSSR count). The molecule has 1 aliphatic rings. The molecule has 2 aromatic carbocycles. The Hall–Kier alpha value is -2.89. The van der Waals surface area contributed by atoms with Crippen LogP contribution in [-0.2, 0) is 10.0 Å². The molecule has 3 aromatic rings. The average molecular weight is 475 g/mol. The topological polar surface area (TPSA) is 123 Å². The van der Waals surface area contributed by atoms with E-state index in [2.05, 4.69) is 10.3 Å². The van der Waals surface area contributed by atoms with Crippen molar-refractivity contribution in [3.05, 3.63) is 58.1 Å². The number of non-ortho nitro benzene ring substituents is 1. The highest BCUT2D eigenvalue weighted by molar-refractivity contribution is 7.89. The van der Waals surface area contributed by atoms with Crippen molar-refractivity contribution in [2.75, 3.05) is 11.9 Å². The molecular formula is C21H22N4O5S2. The van der Waals surface area contributed by atoms with Crippen LogP contribution in [0, 0.1) is 10.1 Å². The maximum atomic E-state index is 13.1. The Kier molecular flexibility index (Phi) is 6.22. The predicted octanol–water partition coefficient (Wildman–Crippen LogP) is 4.41. The van der Waals surface area contributed by atoms with Gasteiger partial charge in [0.2, 0.25) is 10.0 Å². The summed E-state index contributed by atoms with van der Waals surface area (Å²) in [6, 6.07) is 10.2. The van der Waals surface area contributed by atoms with Crippen molar-refractivity contribution in [2.24, 2.45) is 0 Å². The molecule has 1 amide bonds. The summed E-state index contributed by atoms with van der Waals surface area (Å²) >= 11 is 1.13. The van der Waals surface area contributed by atoms with E-state index in [0.29, 0.717) is 27.5 Å². The van der Waals surface area contributed by atoms with Gasteiger partial charge in [-0.25, -0.2) is 13.4 Å². The van der Waals surface area contributed by atoms with E-state index in [1.165, 1.54) is 42.5 Å². The fourth-order valence-corrected chi connectivity index (χ4v) is 6.52. The van der Waals surface area contributed by atoms with Gasteiger partial charge in [-0.05, 0) is 49.6 Å². The number of benzene rings is 2. The summed E-state index contributed by atoms with van der Waals surface area (Å²) in [7, 11) is -3.62. The van der Waals surface area contributed by atoms with E-state index in [-0.39, 0.29) is 16.6 Å². The second-order valence-corrected chi connectivity index (χ2v) is 10.5. The lowest BCUT2D eigenvalue weighted by Crippen LogP contribution is -2.43. The number of carbonyl (C=O) groups excluding carboxylic acids is 1. The van der Waals surface area contributed by atoms with Crippen molar-refractivity contribution in [3.8, 4) is 0 Å². The minimum atomic E-state index is -3.62. The maximum Gasteiger partial charge on any atom is 0.270 e. The molecule has 1 fully saturated rings. The van der Waals surface area contributed by atoms with Crippen LogP contribution in [0.4, 0.5) is 10.8 Å². The van der Waals surface area contributed by atoms with Crippen molar-refractivity contribution in [1.29, 1.82) is 0 Å². The summed E-state index contributed by atoms with van der Waals surface area (Å²) in [5.74, 6) is -0.438. The third kappa shape index (κ3) is 4.36. The standard InChI is InChI=1S/C21H22N4O5S2/c1-2-15-5-3-4-12-24(15)32(29,30)17-9-6-14(7-10-17)20(26)23-21-22-18-11-8-16(25(27)28)13-19(18)31-21/h6-11,13,15H,2-5,12H2,1H3,(H,22,23,26). The molecule has 0 aliphatic carbocycles. The SMILES string of the molecule is CCC1CCCCN1S(=O)(=O)c1ccc(C(=O)Nc2nc3ccc([N+](=O)[O-])cc3s2)cc1. The Labute approximate surface area is 189 Å². The van der Waals surface area contributed by atoms with Gasteiger partial charge in [0, 0.05) is 30.3 Å². The number of sulfonamides is 1. The van der Waals surface area contributed by atoms with E-state index in [4.69, 9.17) is 0 Å². The van der Waals surface area contributed by atoms with E-state index >= 15 is 0 Å². The van der Waals surface area contributed by atoms with Crippen molar-refractivity contribution >= 4 is 48.3 Å².